The molecule has 2 N–H and O–H groups in total. The molecule has 6 nitrogen and oxygen atoms in total. The van der Waals surface area contributed by atoms with Crippen LogP contribution in [-0.2, 0) is 0 Å². The van der Waals surface area contributed by atoms with Gasteiger partial charge in [0.05, 0.1) is 11.1 Å². The van der Waals surface area contributed by atoms with Crippen molar-refractivity contribution in [2.45, 2.75) is 31.3 Å². The van der Waals surface area contributed by atoms with Gasteiger partial charge in [-0.15, -0.1) is 12.4 Å². The van der Waals surface area contributed by atoms with Crippen LogP contribution in [0.3, 0.4) is 0 Å². The number of aromatic nitrogens is 2. The second-order valence-corrected chi connectivity index (χ2v) is 7.59. The van der Waals surface area contributed by atoms with Gasteiger partial charge in [0.2, 0.25) is 0 Å². The highest BCUT2D eigenvalue weighted by Gasteiger charge is 2.26. The summed E-state index contributed by atoms with van der Waals surface area (Å²) in [6.45, 7) is 3.33. The van der Waals surface area contributed by atoms with E-state index in [0.717, 1.165) is 44.6 Å². The molecule has 152 valence electrons. The highest BCUT2D eigenvalue weighted by molar-refractivity contribution is 6.30. The zero-order valence-corrected chi connectivity index (χ0v) is 17.0. The topological polar surface area (TPSA) is 62.2 Å². The Balaban J connectivity index is 0.00000225. The van der Waals surface area contributed by atoms with Gasteiger partial charge in [0.1, 0.15) is 11.5 Å². The van der Waals surface area contributed by atoms with E-state index >= 15 is 0 Å². The van der Waals surface area contributed by atoms with Crippen LogP contribution >= 0.6 is 24.0 Å². The fourth-order valence-electron chi connectivity index (χ4n) is 3.78. The largest absolute Gasteiger partial charge is 0.369 e. The van der Waals surface area contributed by atoms with Crippen LogP contribution in [-0.4, -0.2) is 47.9 Å². The van der Waals surface area contributed by atoms with Gasteiger partial charge in [-0.3, -0.25) is 9.48 Å². The molecule has 2 aliphatic rings. The van der Waals surface area contributed by atoms with Gasteiger partial charge in [-0.25, -0.2) is 4.39 Å². The van der Waals surface area contributed by atoms with E-state index in [-0.39, 0.29) is 29.4 Å². The summed E-state index contributed by atoms with van der Waals surface area (Å²) < 4.78 is 15.6. The van der Waals surface area contributed by atoms with Crippen molar-refractivity contribution in [2.75, 3.05) is 31.1 Å². The molecule has 2 aromatic rings. The Morgan fingerprint density at radius 2 is 2.18 bits per heavy atom. The number of carbonyl (C=O) groups is 1. The van der Waals surface area contributed by atoms with E-state index in [1.165, 1.54) is 6.07 Å². The van der Waals surface area contributed by atoms with Crippen LogP contribution in [0.15, 0.2) is 30.5 Å². The number of piperidine rings is 1. The first-order valence-electron chi connectivity index (χ1n) is 9.37. The number of amides is 1. The third-order valence-corrected chi connectivity index (χ3v) is 5.58. The number of halogens is 3. The van der Waals surface area contributed by atoms with Crippen LogP contribution < -0.4 is 15.5 Å². The molecule has 1 aromatic heterocycles. The monoisotopic (exact) mass is 427 g/mol. The number of carbonyl (C=O) groups excluding carboxylic acids is 1. The van der Waals surface area contributed by atoms with Crippen LogP contribution in [0.2, 0.25) is 5.02 Å². The molecule has 1 amide bonds. The third kappa shape index (κ3) is 4.59. The molecule has 28 heavy (non-hydrogen) atoms. The first kappa shape index (κ1) is 20.9. The van der Waals surface area contributed by atoms with Crippen molar-refractivity contribution in [3.05, 3.63) is 47.0 Å². The average molecular weight is 428 g/mol. The van der Waals surface area contributed by atoms with Crippen molar-refractivity contribution in [1.82, 2.24) is 20.4 Å². The van der Waals surface area contributed by atoms with E-state index in [9.17, 15) is 9.18 Å². The van der Waals surface area contributed by atoms with Crippen LogP contribution in [0, 0.1) is 5.82 Å². The van der Waals surface area contributed by atoms with Gasteiger partial charge in [0.25, 0.3) is 5.91 Å². The van der Waals surface area contributed by atoms with Crippen molar-refractivity contribution >= 4 is 35.6 Å². The smallest absolute Gasteiger partial charge is 0.272 e. The molecule has 2 unspecified atom stereocenters. The predicted octanol–water partition coefficient (Wildman–Crippen LogP) is 3.03. The summed E-state index contributed by atoms with van der Waals surface area (Å²) in [5.74, 6) is -0.587. The lowest BCUT2D eigenvalue weighted by molar-refractivity contribution is 0.0934. The van der Waals surface area contributed by atoms with Crippen molar-refractivity contribution in [2.24, 2.45) is 0 Å². The van der Waals surface area contributed by atoms with Crippen LogP contribution in [0.4, 0.5) is 10.1 Å². The fourth-order valence-corrected chi connectivity index (χ4v) is 3.89. The summed E-state index contributed by atoms with van der Waals surface area (Å²) in [4.78, 5) is 14.6. The summed E-state index contributed by atoms with van der Waals surface area (Å²) >= 11 is 5.75. The Morgan fingerprint density at radius 3 is 2.93 bits per heavy atom. The normalized spacial score (nSPS) is 22.0. The van der Waals surface area contributed by atoms with E-state index in [4.69, 9.17) is 11.6 Å². The highest BCUT2D eigenvalue weighted by atomic mass is 35.5. The molecule has 0 radical (unpaired) electrons. The summed E-state index contributed by atoms with van der Waals surface area (Å²) in [5.41, 5.74) is 1.22. The lowest BCUT2D eigenvalue weighted by Gasteiger charge is -2.23. The van der Waals surface area contributed by atoms with E-state index in [0.29, 0.717) is 18.3 Å². The number of nitrogens with zero attached hydrogens (tertiary/aromatic N) is 3. The van der Waals surface area contributed by atoms with Gasteiger partial charge in [-0.2, -0.15) is 5.10 Å². The Hall–Kier alpha value is -1.83. The van der Waals surface area contributed by atoms with Gasteiger partial charge < -0.3 is 15.5 Å². The Morgan fingerprint density at radius 1 is 1.32 bits per heavy atom. The molecule has 9 heteroatoms. The summed E-state index contributed by atoms with van der Waals surface area (Å²) in [6.07, 6.45) is 4.88. The minimum atomic E-state index is -0.426. The third-order valence-electron chi connectivity index (χ3n) is 5.28. The molecule has 2 aliphatic heterocycles. The van der Waals surface area contributed by atoms with Crippen LogP contribution in [0.5, 0.6) is 0 Å². The molecular weight excluding hydrogens is 404 g/mol. The van der Waals surface area contributed by atoms with Gasteiger partial charge in [0.15, 0.2) is 0 Å². The lowest BCUT2D eigenvalue weighted by Crippen LogP contribution is -2.37. The highest BCUT2D eigenvalue weighted by Crippen LogP contribution is 2.25. The van der Waals surface area contributed by atoms with E-state index < -0.39 is 5.82 Å². The first-order chi connectivity index (χ1) is 13.1. The molecule has 0 spiro atoms. The number of rotatable bonds is 4. The minimum absolute atomic E-state index is 0. The number of benzene rings is 1. The van der Waals surface area contributed by atoms with E-state index in [1.54, 1.807) is 18.2 Å². The summed E-state index contributed by atoms with van der Waals surface area (Å²) in [7, 11) is 0. The maximum absolute atomic E-state index is 13.7. The van der Waals surface area contributed by atoms with Crippen molar-refractivity contribution in [3.63, 3.8) is 0 Å². The number of nitrogens with one attached hydrogen (secondary N) is 2. The molecule has 4 rings (SSSR count). The number of anilines is 1. The Bertz CT molecular complexity index is 824. The van der Waals surface area contributed by atoms with Gasteiger partial charge >= 0.3 is 0 Å². The van der Waals surface area contributed by atoms with E-state index in [2.05, 4.69) is 20.6 Å². The fraction of sp³-hybridized carbons (Fsp3) is 0.474. The first-order valence-corrected chi connectivity index (χ1v) is 9.74. The quantitative estimate of drug-likeness (QED) is 0.786. The van der Waals surface area contributed by atoms with Gasteiger partial charge in [-0.05, 0) is 50.1 Å². The SMILES string of the molecule is Cl.O=C(NC1CCN(c2ccc(Cl)c(F)c2)C1)c1ccn(C2CCCNC2)n1. The zero-order valence-electron chi connectivity index (χ0n) is 15.4. The second-order valence-electron chi connectivity index (χ2n) is 7.18. The Labute approximate surface area is 174 Å². The molecule has 0 saturated carbocycles. The molecule has 0 aliphatic carbocycles. The summed E-state index contributed by atoms with van der Waals surface area (Å²) in [5, 5.41) is 11.0. The van der Waals surface area contributed by atoms with Crippen molar-refractivity contribution in [1.29, 1.82) is 0 Å². The van der Waals surface area contributed by atoms with Crippen molar-refractivity contribution in [3.8, 4) is 0 Å². The molecular formula is C19H24Cl2FN5O. The molecule has 2 atom stereocenters. The minimum Gasteiger partial charge on any atom is -0.369 e. The lowest BCUT2D eigenvalue weighted by atomic mass is 10.1. The second kappa shape index (κ2) is 9.11. The molecule has 3 heterocycles. The van der Waals surface area contributed by atoms with Gasteiger partial charge in [-0.1, -0.05) is 11.6 Å². The predicted molar refractivity (Wildman–Crippen MR) is 110 cm³/mol. The molecule has 2 fully saturated rings. The van der Waals surface area contributed by atoms with Crippen molar-refractivity contribution < 1.29 is 9.18 Å². The molecule has 1 aromatic carbocycles. The summed E-state index contributed by atoms with van der Waals surface area (Å²) in [6, 6.07) is 6.89. The van der Waals surface area contributed by atoms with Crippen LogP contribution in [0.1, 0.15) is 35.8 Å². The molecule has 2 saturated heterocycles. The number of hydrogen-bond acceptors (Lipinski definition) is 4. The van der Waals surface area contributed by atoms with Crippen LogP contribution in [0.25, 0.3) is 0 Å². The average Bonchev–Trinajstić information content (AvgIpc) is 3.34. The maximum Gasteiger partial charge on any atom is 0.272 e. The Kier molecular flexibility index (Phi) is 6.80. The standard InChI is InChI=1S/C19H23ClFN5O.ClH/c20-16-4-3-14(10-17(16)21)25-8-5-13(12-25)23-19(27)18-6-9-26(24-18)15-2-1-7-22-11-15;/h3-4,6,9-10,13,15,22H,1-2,5,7-8,11-12H2,(H,23,27);1H. The van der Waals surface area contributed by atoms with Gasteiger partial charge in [0, 0.05) is 37.6 Å². The molecule has 0 bridgehead atoms. The number of hydrogen-bond donors (Lipinski definition) is 2. The zero-order chi connectivity index (χ0) is 18.8. The maximum atomic E-state index is 13.7. The van der Waals surface area contributed by atoms with E-state index in [1.807, 2.05) is 10.9 Å².